The molecule has 2 aromatic carbocycles. The molecule has 0 aromatic heterocycles. The second-order valence-corrected chi connectivity index (χ2v) is 4.82. The molecule has 0 unspecified atom stereocenters. The average Bonchev–Trinajstić information content (AvgIpc) is 2.50. The Balaban J connectivity index is 2.28. The lowest BCUT2D eigenvalue weighted by Gasteiger charge is -2.21. The Labute approximate surface area is 124 Å². The van der Waals surface area contributed by atoms with E-state index in [4.69, 9.17) is 0 Å². The van der Waals surface area contributed by atoms with Crippen molar-refractivity contribution in [1.29, 1.82) is 0 Å². The largest absolute Gasteiger partial charge is 0.385 e. The number of nitro groups is 1. The highest BCUT2D eigenvalue weighted by atomic mass is 16.6. The summed E-state index contributed by atoms with van der Waals surface area (Å²) in [5.41, 5.74) is 3.04. The van der Waals surface area contributed by atoms with Crippen molar-refractivity contribution in [3.05, 3.63) is 64.2 Å². The van der Waals surface area contributed by atoms with Crippen LogP contribution in [0.4, 0.5) is 17.1 Å². The predicted molar refractivity (Wildman–Crippen MR) is 85.8 cm³/mol. The van der Waals surface area contributed by atoms with Crippen LogP contribution in [-0.4, -0.2) is 18.5 Å². The van der Waals surface area contributed by atoms with Crippen LogP contribution in [0.1, 0.15) is 12.5 Å². The number of nitrogens with zero attached hydrogens (tertiary/aromatic N) is 2. The minimum atomic E-state index is -0.359. The smallest absolute Gasteiger partial charge is 0.269 e. The first-order valence-electron chi connectivity index (χ1n) is 6.89. The molecule has 110 valence electrons. The van der Waals surface area contributed by atoms with E-state index in [1.54, 1.807) is 12.1 Å². The Bertz CT molecular complexity index is 614. The number of nitrogens with one attached hydrogen (secondary N) is 1. The number of rotatable bonds is 6. The standard InChI is InChI=1S/C16H19N3O2/c1-3-17-16-10-9-15(19(20)21)11-13(16)12-18(2)14-7-5-4-6-8-14/h4-11,17H,3,12H2,1-2H3. The van der Waals surface area contributed by atoms with Crippen molar-refractivity contribution in [3.8, 4) is 0 Å². The van der Waals surface area contributed by atoms with Gasteiger partial charge in [-0.1, -0.05) is 18.2 Å². The number of anilines is 2. The third kappa shape index (κ3) is 3.72. The van der Waals surface area contributed by atoms with Gasteiger partial charge in [0.25, 0.3) is 5.69 Å². The number of benzene rings is 2. The maximum absolute atomic E-state index is 10.9. The average molecular weight is 285 g/mol. The second-order valence-electron chi connectivity index (χ2n) is 4.82. The van der Waals surface area contributed by atoms with Crippen LogP contribution >= 0.6 is 0 Å². The van der Waals surface area contributed by atoms with E-state index in [2.05, 4.69) is 10.2 Å². The first kappa shape index (κ1) is 14.8. The van der Waals surface area contributed by atoms with Gasteiger partial charge in [-0.15, -0.1) is 0 Å². The minimum Gasteiger partial charge on any atom is -0.385 e. The van der Waals surface area contributed by atoms with Gasteiger partial charge in [0.05, 0.1) is 4.92 Å². The summed E-state index contributed by atoms with van der Waals surface area (Å²) in [4.78, 5) is 12.7. The molecule has 21 heavy (non-hydrogen) atoms. The van der Waals surface area contributed by atoms with Gasteiger partial charge < -0.3 is 10.2 Å². The van der Waals surface area contributed by atoms with Crippen molar-refractivity contribution in [2.45, 2.75) is 13.5 Å². The van der Waals surface area contributed by atoms with Crippen molar-refractivity contribution in [1.82, 2.24) is 0 Å². The van der Waals surface area contributed by atoms with Gasteiger partial charge in [-0.25, -0.2) is 0 Å². The Morgan fingerprint density at radius 3 is 2.52 bits per heavy atom. The summed E-state index contributed by atoms with van der Waals surface area (Å²) in [5, 5.41) is 14.2. The molecule has 1 N–H and O–H groups in total. The van der Waals surface area contributed by atoms with Crippen LogP contribution in [0.3, 0.4) is 0 Å². The number of nitro benzene ring substituents is 1. The summed E-state index contributed by atoms with van der Waals surface area (Å²) < 4.78 is 0. The zero-order chi connectivity index (χ0) is 15.2. The molecular weight excluding hydrogens is 266 g/mol. The molecule has 0 saturated heterocycles. The van der Waals surface area contributed by atoms with Gasteiger partial charge in [-0.3, -0.25) is 10.1 Å². The number of para-hydroxylation sites is 1. The van der Waals surface area contributed by atoms with Gasteiger partial charge in [-0.05, 0) is 25.1 Å². The van der Waals surface area contributed by atoms with E-state index < -0.39 is 0 Å². The molecule has 0 spiro atoms. The van der Waals surface area contributed by atoms with Crippen LogP contribution in [0.25, 0.3) is 0 Å². The molecule has 5 nitrogen and oxygen atoms in total. The van der Waals surface area contributed by atoms with E-state index >= 15 is 0 Å². The highest BCUT2D eigenvalue weighted by Gasteiger charge is 2.12. The summed E-state index contributed by atoms with van der Waals surface area (Å²) >= 11 is 0. The molecule has 0 bridgehead atoms. The van der Waals surface area contributed by atoms with Crippen molar-refractivity contribution in [3.63, 3.8) is 0 Å². The first-order chi connectivity index (χ1) is 10.1. The van der Waals surface area contributed by atoms with Crippen molar-refractivity contribution >= 4 is 17.1 Å². The quantitative estimate of drug-likeness (QED) is 0.650. The maximum atomic E-state index is 10.9. The van der Waals surface area contributed by atoms with E-state index in [-0.39, 0.29) is 10.6 Å². The van der Waals surface area contributed by atoms with E-state index in [1.165, 1.54) is 6.07 Å². The predicted octanol–water partition coefficient (Wildman–Crippen LogP) is 3.66. The van der Waals surface area contributed by atoms with E-state index in [0.29, 0.717) is 6.54 Å². The van der Waals surface area contributed by atoms with Crippen molar-refractivity contribution < 1.29 is 4.92 Å². The monoisotopic (exact) mass is 285 g/mol. The van der Waals surface area contributed by atoms with Gasteiger partial charge in [0.15, 0.2) is 0 Å². The summed E-state index contributed by atoms with van der Waals surface area (Å²) in [7, 11) is 1.98. The molecule has 0 radical (unpaired) electrons. The lowest BCUT2D eigenvalue weighted by Crippen LogP contribution is -2.17. The van der Waals surface area contributed by atoms with Gasteiger partial charge in [0.1, 0.15) is 0 Å². The molecule has 2 rings (SSSR count). The van der Waals surface area contributed by atoms with Crippen LogP contribution in [0, 0.1) is 10.1 Å². The van der Waals surface area contributed by atoms with Gasteiger partial charge in [0, 0.05) is 49.2 Å². The fourth-order valence-corrected chi connectivity index (χ4v) is 2.22. The van der Waals surface area contributed by atoms with E-state index in [0.717, 1.165) is 23.5 Å². The summed E-state index contributed by atoms with van der Waals surface area (Å²) in [6.45, 7) is 3.39. The number of hydrogen-bond donors (Lipinski definition) is 1. The topological polar surface area (TPSA) is 58.4 Å². The molecule has 0 saturated carbocycles. The fourth-order valence-electron chi connectivity index (χ4n) is 2.22. The Morgan fingerprint density at radius 1 is 1.19 bits per heavy atom. The number of non-ortho nitro benzene ring substituents is 1. The summed E-state index contributed by atoms with van der Waals surface area (Å²) in [6, 6.07) is 14.9. The molecule has 5 heteroatoms. The van der Waals surface area contributed by atoms with Crippen LogP contribution < -0.4 is 10.2 Å². The summed E-state index contributed by atoms with van der Waals surface area (Å²) in [5.74, 6) is 0. The third-order valence-corrected chi connectivity index (χ3v) is 3.27. The first-order valence-corrected chi connectivity index (χ1v) is 6.89. The lowest BCUT2D eigenvalue weighted by molar-refractivity contribution is -0.384. The SMILES string of the molecule is CCNc1ccc([N+](=O)[O-])cc1CN(C)c1ccccc1. The molecular formula is C16H19N3O2. The molecule has 0 fully saturated rings. The molecule has 0 aliphatic carbocycles. The van der Waals surface area contributed by atoms with E-state index in [9.17, 15) is 10.1 Å². The zero-order valence-corrected chi connectivity index (χ0v) is 12.2. The highest BCUT2D eigenvalue weighted by molar-refractivity contribution is 5.58. The van der Waals surface area contributed by atoms with Crippen LogP contribution in [-0.2, 0) is 6.54 Å². The molecule has 0 aliphatic heterocycles. The van der Waals surface area contributed by atoms with Gasteiger partial charge in [-0.2, -0.15) is 0 Å². The zero-order valence-electron chi connectivity index (χ0n) is 12.2. The Hall–Kier alpha value is -2.56. The molecule has 0 heterocycles. The highest BCUT2D eigenvalue weighted by Crippen LogP contribution is 2.25. The number of hydrogen-bond acceptors (Lipinski definition) is 4. The van der Waals surface area contributed by atoms with Gasteiger partial charge >= 0.3 is 0 Å². The minimum absolute atomic E-state index is 0.119. The van der Waals surface area contributed by atoms with E-state index in [1.807, 2.05) is 44.3 Å². The van der Waals surface area contributed by atoms with Crippen LogP contribution in [0.15, 0.2) is 48.5 Å². The maximum Gasteiger partial charge on any atom is 0.269 e. The fraction of sp³-hybridized carbons (Fsp3) is 0.250. The Kier molecular flexibility index (Phi) is 4.77. The second kappa shape index (κ2) is 6.74. The van der Waals surface area contributed by atoms with Crippen molar-refractivity contribution in [2.24, 2.45) is 0 Å². The molecule has 0 amide bonds. The Morgan fingerprint density at radius 2 is 1.90 bits per heavy atom. The third-order valence-electron chi connectivity index (χ3n) is 3.27. The van der Waals surface area contributed by atoms with Crippen LogP contribution in [0.2, 0.25) is 0 Å². The molecule has 0 atom stereocenters. The lowest BCUT2D eigenvalue weighted by atomic mass is 10.1. The summed E-state index contributed by atoms with van der Waals surface area (Å²) in [6.07, 6.45) is 0. The van der Waals surface area contributed by atoms with Crippen LogP contribution in [0.5, 0.6) is 0 Å². The normalized spacial score (nSPS) is 10.2. The van der Waals surface area contributed by atoms with Gasteiger partial charge in [0.2, 0.25) is 0 Å². The van der Waals surface area contributed by atoms with Crippen molar-refractivity contribution in [2.75, 3.05) is 23.8 Å². The molecule has 2 aromatic rings. The molecule has 0 aliphatic rings.